The Morgan fingerprint density at radius 2 is 2.24 bits per heavy atom. The van der Waals surface area contributed by atoms with Crippen LogP contribution in [0, 0.1) is 0 Å². The van der Waals surface area contributed by atoms with Gasteiger partial charge in [0, 0.05) is 29.3 Å². The maximum Gasteiger partial charge on any atom is 0.123 e. The number of hydrogen-bond acceptors (Lipinski definition) is 4. The first-order valence-electron chi connectivity index (χ1n) is 6.93. The van der Waals surface area contributed by atoms with E-state index in [1.165, 1.54) is 11.1 Å². The molecule has 1 aromatic carbocycles. The fourth-order valence-electron chi connectivity index (χ4n) is 2.12. The van der Waals surface area contributed by atoms with Crippen LogP contribution in [-0.4, -0.2) is 35.0 Å². The molecule has 0 saturated carbocycles. The van der Waals surface area contributed by atoms with Gasteiger partial charge >= 0.3 is 0 Å². The minimum Gasteiger partial charge on any atom is -0.299 e. The first-order chi connectivity index (χ1) is 10.1. The number of aromatic nitrogens is 1. The van der Waals surface area contributed by atoms with Gasteiger partial charge in [-0.3, -0.25) is 4.90 Å². The van der Waals surface area contributed by atoms with E-state index < -0.39 is 0 Å². The van der Waals surface area contributed by atoms with Gasteiger partial charge in [-0.25, -0.2) is 4.98 Å². The van der Waals surface area contributed by atoms with Gasteiger partial charge in [0.05, 0.1) is 11.6 Å². The van der Waals surface area contributed by atoms with Crippen LogP contribution in [0.25, 0.3) is 10.6 Å². The van der Waals surface area contributed by atoms with Crippen molar-refractivity contribution < 1.29 is 0 Å². The fraction of sp³-hybridized carbons (Fsp3) is 0.438. The Morgan fingerprint density at radius 1 is 1.43 bits per heavy atom. The topological polar surface area (TPSA) is 16.1 Å². The molecule has 0 aliphatic rings. The highest BCUT2D eigenvalue weighted by Crippen LogP contribution is 2.25. The Hall–Kier alpha value is -0.550. The van der Waals surface area contributed by atoms with Crippen molar-refractivity contribution in [2.24, 2.45) is 0 Å². The second kappa shape index (κ2) is 8.18. The van der Waals surface area contributed by atoms with E-state index in [-0.39, 0.29) is 0 Å². The smallest absolute Gasteiger partial charge is 0.123 e. The molecule has 5 heteroatoms. The van der Waals surface area contributed by atoms with Crippen molar-refractivity contribution in [3.05, 3.63) is 40.9 Å². The molecular formula is C16H21ClN2S2. The minimum atomic E-state index is 0.477. The van der Waals surface area contributed by atoms with Gasteiger partial charge in [-0.05, 0) is 31.9 Å². The van der Waals surface area contributed by atoms with Gasteiger partial charge in [-0.1, -0.05) is 18.2 Å². The van der Waals surface area contributed by atoms with Gasteiger partial charge in [0.2, 0.25) is 0 Å². The molecule has 0 spiro atoms. The third-order valence-electron chi connectivity index (χ3n) is 3.45. The summed E-state index contributed by atoms with van der Waals surface area (Å²) in [6, 6.07) is 9.22. The van der Waals surface area contributed by atoms with Crippen LogP contribution in [0.2, 0.25) is 0 Å². The summed E-state index contributed by atoms with van der Waals surface area (Å²) in [7, 11) is 2.18. The zero-order valence-corrected chi connectivity index (χ0v) is 15.1. The number of rotatable bonds is 7. The number of benzene rings is 1. The Bertz CT molecular complexity index is 571. The van der Waals surface area contributed by atoms with Gasteiger partial charge < -0.3 is 0 Å². The molecule has 0 aliphatic heterocycles. The number of halogens is 1. The maximum atomic E-state index is 5.83. The molecule has 0 radical (unpaired) electrons. The Kier molecular flexibility index (Phi) is 6.55. The van der Waals surface area contributed by atoms with Crippen molar-refractivity contribution in [2.45, 2.75) is 25.4 Å². The van der Waals surface area contributed by atoms with Gasteiger partial charge in [0.25, 0.3) is 0 Å². The lowest BCUT2D eigenvalue weighted by atomic mass is 10.1. The summed E-state index contributed by atoms with van der Waals surface area (Å²) in [5, 5.41) is 3.08. The lowest BCUT2D eigenvalue weighted by Gasteiger charge is -2.24. The van der Waals surface area contributed by atoms with Crippen molar-refractivity contribution in [2.75, 3.05) is 19.1 Å². The summed E-state index contributed by atoms with van der Waals surface area (Å²) in [5.41, 5.74) is 3.46. The third-order valence-corrected chi connectivity index (χ3v) is 5.48. The zero-order chi connectivity index (χ0) is 15.2. The predicted octanol–water partition coefficient (Wildman–Crippen LogP) is 4.73. The highest BCUT2D eigenvalue weighted by molar-refractivity contribution is 7.98. The maximum absolute atomic E-state index is 5.83. The molecule has 21 heavy (non-hydrogen) atoms. The minimum absolute atomic E-state index is 0.477. The summed E-state index contributed by atoms with van der Waals surface area (Å²) in [6.07, 6.45) is 2.15. The number of alkyl halides is 1. The van der Waals surface area contributed by atoms with Gasteiger partial charge in [0.1, 0.15) is 5.01 Å². The zero-order valence-electron chi connectivity index (χ0n) is 12.7. The molecule has 0 N–H and O–H groups in total. The van der Waals surface area contributed by atoms with Crippen molar-refractivity contribution in [3.8, 4) is 10.6 Å². The first-order valence-corrected chi connectivity index (χ1v) is 9.73. The average molecular weight is 341 g/mol. The van der Waals surface area contributed by atoms with E-state index in [1.54, 1.807) is 11.3 Å². The van der Waals surface area contributed by atoms with Gasteiger partial charge in [-0.2, -0.15) is 11.8 Å². The first kappa shape index (κ1) is 16.8. The van der Waals surface area contributed by atoms with Crippen LogP contribution < -0.4 is 0 Å². The highest BCUT2D eigenvalue weighted by Gasteiger charge is 2.10. The van der Waals surface area contributed by atoms with Crippen LogP contribution >= 0.6 is 34.7 Å². The largest absolute Gasteiger partial charge is 0.299 e. The third kappa shape index (κ3) is 4.71. The summed E-state index contributed by atoms with van der Waals surface area (Å²) in [6.45, 7) is 3.23. The van der Waals surface area contributed by atoms with Crippen LogP contribution in [0.4, 0.5) is 0 Å². The fourth-order valence-corrected chi connectivity index (χ4v) is 3.90. The van der Waals surface area contributed by atoms with Crippen LogP contribution in [-0.2, 0) is 12.4 Å². The molecule has 1 atom stereocenters. The van der Waals surface area contributed by atoms with Crippen LogP contribution in [0.3, 0.4) is 0 Å². The average Bonchev–Trinajstić information content (AvgIpc) is 2.96. The number of hydrogen-bond donors (Lipinski definition) is 0. The molecule has 2 aromatic rings. The molecule has 114 valence electrons. The molecule has 2 rings (SSSR count). The van der Waals surface area contributed by atoms with Gasteiger partial charge in [0.15, 0.2) is 0 Å². The predicted molar refractivity (Wildman–Crippen MR) is 96.4 cm³/mol. The van der Waals surface area contributed by atoms with Crippen molar-refractivity contribution in [3.63, 3.8) is 0 Å². The molecule has 1 unspecified atom stereocenters. The molecule has 1 heterocycles. The quantitative estimate of drug-likeness (QED) is 0.678. The van der Waals surface area contributed by atoms with Crippen molar-refractivity contribution in [1.82, 2.24) is 9.88 Å². The molecule has 0 aliphatic carbocycles. The standard InChI is InChI=1S/C16H21ClN2S2/c1-12(10-20-3)19(2)9-13-5-4-6-14(7-13)16-18-15(8-17)11-21-16/h4-7,11-12H,8-10H2,1-3H3. The van der Waals surface area contributed by atoms with Crippen LogP contribution in [0.5, 0.6) is 0 Å². The number of nitrogens with zero attached hydrogens (tertiary/aromatic N) is 2. The molecule has 0 bridgehead atoms. The molecule has 2 nitrogen and oxygen atoms in total. The van der Waals surface area contributed by atoms with Crippen molar-refractivity contribution >= 4 is 34.7 Å². The molecular weight excluding hydrogens is 320 g/mol. The SMILES string of the molecule is CSCC(C)N(C)Cc1cccc(-c2nc(CCl)cs2)c1. The molecule has 0 saturated heterocycles. The molecule has 0 amide bonds. The van der Waals surface area contributed by atoms with E-state index in [4.69, 9.17) is 11.6 Å². The Balaban J connectivity index is 2.10. The second-order valence-corrected chi connectivity index (χ2v) is 7.23. The summed E-state index contributed by atoms with van der Waals surface area (Å²) in [5.74, 6) is 1.63. The van der Waals surface area contributed by atoms with E-state index in [2.05, 4.69) is 54.4 Å². The van der Waals surface area contributed by atoms with Crippen LogP contribution in [0.15, 0.2) is 29.6 Å². The highest BCUT2D eigenvalue weighted by atomic mass is 35.5. The lowest BCUT2D eigenvalue weighted by molar-refractivity contribution is 0.270. The van der Waals surface area contributed by atoms with E-state index in [1.807, 2.05) is 17.1 Å². The Labute approximate surface area is 140 Å². The summed E-state index contributed by atoms with van der Waals surface area (Å²) in [4.78, 5) is 6.94. The molecule has 0 fully saturated rings. The van der Waals surface area contributed by atoms with Crippen LogP contribution in [0.1, 0.15) is 18.2 Å². The van der Waals surface area contributed by atoms with E-state index in [9.17, 15) is 0 Å². The number of thiazole rings is 1. The summed E-state index contributed by atoms with van der Waals surface area (Å²) < 4.78 is 0. The Morgan fingerprint density at radius 3 is 2.90 bits per heavy atom. The van der Waals surface area contributed by atoms with Gasteiger partial charge in [-0.15, -0.1) is 22.9 Å². The van der Waals surface area contributed by atoms with E-state index >= 15 is 0 Å². The lowest BCUT2D eigenvalue weighted by Crippen LogP contribution is -2.30. The molecule has 1 aromatic heterocycles. The number of thioether (sulfide) groups is 1. The van der Waals surface area contributed by atoms with E-state index in [0.29, 0.717) is 11.9 Å². The second-order valence-electron chi connectivity index (χ2n) is 5.20. The van der Waals surface area contributed by atoms with E-state index in [0.717, 1.165) is 23.0 Å². The monoisotopic (exact) mass is 340 g/mol. The summed E-state index contributed by atoms with van der Waals surface area (Å²) >= 11 is 9.38. The van der Waals surface area contributed by atoms with Crippen molar-refractivity contribution in [1.29, 1.82) is 0 Å². The normalized spacial score (nSPS) is 12.8.